The van der Waals surface area contributed by atoms with E-state index in [1.54, 1.807) is 18.3 Å². The standard InChI is InChI=1S/C13H15ClN2O2S/c1-7(6-10-5-4-8(2)19-10)16-12(17)9(3)11(14)15-13(16)18/h4-5,7H,6H2,1-3H3,(H,15,18). The summed E-state index contributed by atoms with van der Waals surface area (Å²) >= 11 is 7.47. The van der Waals surface area contributed by atoms with Gasteiger partial charge in [0.2, 0.25) is 0 Å². The van der Waals surface area contributed by atoms with Crippen LogP contribution in [0.5, 0.6) is 0 Å². The van der Waals surface area contributed by atoms with Crippen LogP contribution in [0.2, 0.25) is 5.15 Å². The number of aryl methyl sites for hydroxylation is 1. The van der Waals surface area contributed by atoms with Gasteiger partial charge in [0.1, 0.15) is 5.15 Å². The molecule has 0 aliphatic rings. The maximum Gasteiger partial charge on any atom is 0.329 e. The van der Waals surface area contributed by atoms with Crippen LogP contribution in [-0.4, -0.2) is 9.55 Å². The molecule has 1 N–H and O–H groups in total. The number of H-pyrrole nitrogens is 1. The van der Waals surface area contributed by atoms with Gasteiger partial charge in [0.25, 0.3) is 5.56 Å². The maximum atomic E-state index is 12.1. The predicted molar refractivity (Wildman–Crippen MR) is 78.5 cm³/mol. The van der Waals surface area contributed by atoms with E-state index in [4.69, 9.17) is 11.6 Å². The van der Waals surface area contributed by atoms with Crippen molar-refractivity contribution >= 4 is 22.9 Å². The van der Waals surface area contributed by atoms with E-state index in [-0.39, 0.29) is 16.8 Å². The molecule has 19 heavy (non-hydrogen) atoms. The second-order valence-corrected chi connectivity index (χ2v) is 6.36. The normalized spacial score (nSPS) is 12.6. The molecule has 0 fully saturated rings. The Kier molecular flexibility index (Phi) is 3.96. The van der Waals surface area contributed by atoms with Crippen molar-refractivity contribution in [3.8, 4) is 0 Å². The molecule has 0 amide bonds. The van der Waals surface area contributed by atoms with Crippen LogP contribution in [0.15, 0.2) is 21.7 Å². The van der Waals surface area contributed by atoms with Crippen molar-refractivity contribution in [2.75, 3.05) is 0 Å². The summed E-state index contributed by atoms with van der Waals surface area (Å²) in [6, 6.07) is 3.86. The van der Waals surface area contributed by atoms with Crippen LogP contribution in [0.25, 0.3) is 0 Å². The molecule has 0 spiro atoms. The SMILES string of the molecule is Cc1ccc(CC(C)n2c(=O)[nH]c(Cl)c(C)c2=O)s1. The highest BCUT2D eigenvalue weighted by molar-refractivity contribution is 7.11. The van der Waals surface area contributed by atoms with Gasteiger partial charge in [0.05, 0.1) is 0 Å². The Hall–Kier alpha value is -1.33. The van der Waals surface area contributed by atoms with Crippen LogP contribution in [0.3, 0.4) is 0 Å². The minimum absolute atomic E-state index is 0.116. The lowest BCUT2D eigenvalue weighted by Gasteiger charge is -2.14. The molecule has 2 rings (SSSR count). The third kappa shape index (κ3) is 2.82. The van der Waals surface area contributed by atoms with Crippen LogP contribution in [0.4, 0.5) is 0 Å². The number of nitrogens with one attached hydrogen (secondary N) is 1. The number of halogens is 1. The second kappa shape index (κ2) is 5.35. The van der Waals surface area contributed by atoms with Crippen LogP contribution >= 0.6 is 22.9 Å². The first-order valence-electron chi connectivity index (χ1n) is 5.96. The topological polar surface area (TPSA) is 54.9 Å². The van der Waals surface area contributed by atoms with Gasteiger partial charge >= 0.3 is 5.69 Å². The van der Waals surface area contributed by atoms with E-state index in [9.17, 15) is 9.59 Å². The van der Waals surface area contributed by atoms with Gasteiger partial charge in [0, 0.05) is 27.8 Å². The third-order valence-corrected chi connectivity index (χ3v) is 4.44. The van der Waals surface area contributed by atoms with E-state index in [1.165, 1.54) is 9.44 Å². The van der Waals surface area contributed by atoms with E-state index in [1.807, 2.05) is 26.0 Å². The lowest BCUT2D eigenvalue weighted by molar-refractivity contribution is 0.501. The average Bonchev–Trinajstić information content (AvgIpc) is 2.72. The summed E-state index contributed by atoms with van der Waals surface area (Å²) < 4.78 is 1.23. The number of thiophene rings is 1. The summed E-state index contributed by atoms with van der Waals surface area (Å²) in [7, 11) is 0. The average molecular weight is 299 g/mol. The Bertz CT molecular complexity index is 714. The lowest BCUT2D eigenvalue weighted by Crippen LogP contribution is -2.39. The van der Waals surface area contributed by atoms with Crippen molar-refractivity contribution in [1.29, 1.82) is 0 Å². The summed E-state index contributed by atoms with van der Waals surface area (Å²) in [4.78, 5) is 28.9. The van der Waals surface area contributed by atoms with Crippen LogP contribution in [0, 0.1) is 13.8 Å². The smallest absolute Gasteiger partial charge is 0.297 e. The number of aromatic amines is 1. The maximum absolute atomic E-state index is 12.1. The van der Waals surface area contributed by atoms with Gasteiger partial charge < -0.3 is 0 Å². The highest BCUT2D eigenvalue weighted by Gasteiger charge is 2.15. The predicted octanol–water partition coefficient (Wildman–Crippen LogP) is 2.67. The zero-order chi connectivity index (χ0) is 14.2. The van der Waals surface area contributed by atoms with Crippen molar-refractivity contribution < 1.29 is 0 Å². The second-order valence-electron chi connectivity index (χ2n) is 4.61. The fourth-order valence-electron chi connectivity index (χ4n) is 1.99. The van der Waals surface area contributed by atoms with Crippen molar-refractivity contribution in [2.24, 2.45) is 0 Å². The molecule has 6 heteroatoms. The van der Waals surface area contributed by atoms with Crippen LogP contribution in [0.1, 0.15) is 28.3 Å². The molecule has 2 aromatic heterocycles. The number of nitrogens with zero attached hydrogens (tertiary/aromatic N) is 1. The quantitative estimate of drug-likeness (QED) is 0.886. The Balaban J connectivity index is 2.39. The van der Waals surface area contributed by atoms with Gasteiger partial charge in [-0.05, 0) is 32.9 Å². The third-order valence-electron chi connectivity index (χ3n) is 3.04. The Morgan fingerprint density at radius 2 is 2.05 bits per heavy atom. The molecular formula is C13H15ClN2O2S. The van der Waals surface area contributed by atoms with Gasteiger partial charge in [0.15, 0.2) is 0 Å². The molecule has 1 unspecified atom stereocenters. The zero-order valence-corrected chi connectivity index (χ0v) is 12.6. The molecule has 4 nitrogen and oxygen atoms in total. The molecule has 2 aromatic rings. The molecule has 1 atom stereocenters. The molecular weight excluding hydrogens is 284 g/mol. The monoisotopic (exact) mass is 298 g/mol. The molecule has 0 radical (unpaired) electrons. The highest BCUT2D eigenvalue weighted by Crippen LogP contribution is 2.20. The first-order chi connectivity index (χ1) is 8.90. The Labute approximate surface area is 119 Å². The first kappa shape index (κ1) is 14.1. The number of hydrogen-bond donors (Lipinski definition) is 1. The molecule has 0 saturated carbocycles. The highest BCUT2D eigenvalue weighted by atomic mass is 35.5. The Morgan fingerprint density at radius 1 is 1.37 bits per heavy atom. The zero-order valence-electron chi connectivity index (χ0n) is 11.0. The van der Waals surface area contributed by atoms with Gasteiger partial charge in [-0.2, -0.15) is 0 Å². The molecule has 0 saturated heterocycles. The minimum atomic E-state index is -0.457. The van der Waals surface area contributed by atoms with E-state index >= 15 is 0 Å². The molecule has 0 aromatic carbocycles. The number of rotatable bonds is 3. The molecule has 0 aliphatic heterocycles. The van der Waals surface area contributed by atoms with Crippen LogP contribution < -0.4 is 11.2 Å². The summed E-state index contributed by atoms with van der Waals surface area (Å²) in [6.07, 6.45) is 0.655. The number of aromatic nitrogens is 2. The fourth-order valence-corrected chi connectivity index (χ4v) is 3.16. The van der Waals surface area contributed by atoms with Gasteiger partial charge in [-0.25, -0.2) is 4.79 Å². The number of hydrogen-bond acceptors (Lipinski definition) is 3. The minimum Gasteiger partial charge on any atom is -0.297 e. The van der Waals surface area contributed by atoms with E-state index < -0.39 is 5.69 Å². The molecule has 102 valence electrons. The summed E-state index contributed by atoms with van der Waals surface area (Å²) in [6.45, 7) is 5.50. The van der Waals surface area contributed by atoms with E-state index in [2.05, 4.69) is 4.98 Å². The lowest BCUT2D eigenvalue weighted by atomic mass is 10.2. The molecule has 0 bridgehead atoms. The van der Waals surface area contributed by atoms with E-state index in [0.29, 0.717) is 12.0 Å². The van der Waals surface area contributed by atoms with Crippen molar-refractivity contribution in [3.05, 3.63) is 53.4 Å². The Morgan fingerprint density at radius 3 is 2.63 bits per heavy atom. The summed E-state index contributed by atoms with van der Waals surface area (Å²) in [5.41, 5.74) is -0.411. The van der Waals surface area contributed by atoms with Gasteiger partial charge in [-0.1, -0.05) is 11.6 Å². The van der Waals surface area contributed by atoms with Crippen molar-refractivity contribution in [3.63, 3.8) is 0 Å². The molecule has 0 aliphatic carbocycles. The molecule has 2 heterocycles. The van der Waals surface area contributed by atoms with Crippen LogP contribution in [-0.2, 0) is 6.42 Å². The fraction of sp³-hybridized carbons (Fsp3) is 0.385. The summed E-state index contributed by atoms with van der Waals surface area (Å²) in [5, 5.41) is 0.116. The van der Waals surface area contributed by atoms with Crippen molar-refractivity contribution in [2.45, 2.75) is 33.2 Å². The summed E-state index contributed by atoms with van der Waals surface area (Å²) in [5.74, 6) is 0. The van der Waals surface area contributed by atoms with E-state index in [0.717, 1.165) is 4.88 Å². The van der Waals surface area contributed by atoms with Crippen molar-refractivity contribution in [1.82, 2.24) is 9.55 Å². The largest absolute Gasteiger partial charge is 0.329 e. The van der Waals surface area contributed by atoms with Gasteiger partial charge in [-0.15, -0.1) is 11.3 Å². The van der Waals surface area contributed by atoms with Gasteiger partial charge in [-0.3, -0.25) is 14.3 Å². The first-order valence-corrected chi connectivity index (χ1v) is 7.16.